The molecule has 0 spiro atoms. The Hall–Kier alpha value is -0.800. The van der Waals surface area contributed by atoms with E-state index in [4.69, 9.17) is 4.74 Å². The summed E-state index contributed by atoms with van der Waals surface area (Å²) in [6.07, 6.45) is 7.56. The second-order valence-corrected chi connectivity index (χ2v) is 7.34. The zero-order chi connectivity index (χ0) is 14.2. The van der Waals surface area contributed by atoms with Gasteiger partial charge in [-0.05, 0) is 49.5 Å². The molecule has 0 radical (unpaired) electrons. The molecule has 0 aromatic carbocycles. The molecular formula is C17H27NO2. The molecule has 1 N–H and O–H groups in total. The summed E-state index contributed by atoms with van der Waals surface area (Å²) in [5, 5.41) is 10.2. The van der Waals surface area contributed by atoms with E-state index in [1.54, 1.807) is 0 Å². The summed E-state index contributed by atoms with van der Waals surface area (Å²) in [4.78, 5) is 0. The molecule has 0 bridgehead atoms. The molecule has 0 saturated heterocycles. The summed E-state index contributed by atoms with van der Waals surface area (Å²) in [7, 11) is 0. The Bertz CT molecular complexity index is 460. The van der Waals surface area contributed by atoms with Crippen LogP contribution in [0, 0.1) is 11.3 Å². The third-order valence-electron chi connectivity index (χ3n) is 4.60. The maximum atomic E-state index is 10.2. The number of aliphatic hydroxyl groups excluding tert-OH is 1. The van der Waals surface area contributed by atoms with Crippen LogP contribution >= 0.6 is 0 Å². The topological polar surface area (TPSA) is 34.4 Å². The lowest BCUT2D eigenvalue weighted by Gasteiger charge is -2.34. The average Bonchev–Trinajstić information content (AvgIpc) is 3.09. The zero-order valence-electron chi connectivity index (χ0n) is 12.8. The van der Waals surface area contributed by atoms with Gasteiger partial charge in [-0.1, -0.05) is 13.8 Å². The number of ether oxygens (including phenoxy) is 1. The van der Waals surface area contributed by atoms with E-state index in [0.29, 0.717) is 0 Å². The van der Waals surface area contributed by atoms with Crippen molar-refractivity contribution in [2.45, 2.75) is 58.6 Å². The Balaban J connectivity index is 1.54. The molecule has 112 valence electrons. The van der Waals surface area contributed by atoms with Crippen LogP contribution < -0.4 is 0 Å². The number of aromatic nitrogens is 1. The van der Waals surface area contributed by atoms with E-state index in [1.165, 1.54) is 18.5 Å². The highest BCUT2D eigenvalue weighted by Gasteiger charge is 2.33. The third kappa shape index (κ3) is 3.26. The van der Waals surface area contributed by atoms with Crippen LogP contribution in [0.5, 0.6) is 0 Å². The van der Waals surface area contributed by atoms with Crippen molar-refractivity contribution >= 4 is 0 Å². The van der Waals surface area contributed by atoms with Gasteiger partial charge < -0.3 is 14.4 Å². The summed E-state index contributed by atoms with van der Waals surface area (Å²) in [5.74, 6) is 0.852. The van der Waals surface area contributed by atoms with Crippen LogP contribution in [0.4, 0.5) is 0 Å². The van der Waals surface area contributed by atoms with E-state index in [1.807, 2.05) is 0 Å². The summed E-state index contributed by atoms with van der Waals surface area (Å²) in [6.45, 7) is 7.30. The highest BCUT2D eigenvalue weighted by Crippen LogP contribution is 2.41. The molecule has 1 unspecified atom stereocenters. The highest BCUT2D eigenvalue weighted by atomic mass is 16.5. The van der Waals surface area contributed by atoms with E-state index in [2.05, 4.69) is 30.7 Å². The van der Waals surface area contributed by atoms with Crippen LogP contribution in [0.15, 0.2) is 12.3 Å². The molecule has 20 heavy (non-hydrogen) atoms. The molecule has 3 nitrogen and oxygen atoms in total. The van der Waals surface area contributed by atoms with Gasteiger partial charge in [0.05, 0.1) is 6.10 Å². The number of aryl methyl sites for hydroxylation is 1. The zero-order valence-corrected chi connectivity index (χ0v) is 12.8. The van der Waals surface area contributed by atoms with Crippen LogP contribution in [0.3, 0.4) is 0 Å². The Morgan fingerprint density at radius 2 is 2.20 bits per heavy atom. The molecule has 1 fully saturated rings. The first-order valence-corrected chi connectivity index (χ1v) is 7.99. The van der Waals surface area contributed by atoms with Crippen LogP contribution in [0.25, 0.3) is 0 Å². The molecule has 0 aliphatic heterocycles. The number of aliphatic hydroxyl groups is 1. The largest absolute Gasteiger partial charge is 0.388 e. The van der Waals surface area contributed by atoms with Crippen molar-refractivity contribution in [1.29, 1.82) is 0 Å². The van der Waals surface area contributed by atoms with Gasteiger partial charge in [0.15, 0.2) is 0 Å². The molecule has 3 heteroatoms. The lowest BCUT2D eigenvalue weighted by Crippen LogP contribution is -2.26. The maximum Gasteiger partial charge on any atom is 0.0812 e. The summed E-state index contributed by atoms with van der Waals surface area (Å²) >= 11 is 0. The van der Waals surface area contributed by atoms with Crippen molar-refractivity contribution < 1.29 is 9.84 Å². The van der Waals surface area contributed by atoms with Gasteiger partial charge in [0.2, 0.25) is 0 Å². The molecule has 1 saturated carbocycles. The quantitative estimate of drug-likeness (QED) is 0.810. The second kappa shape index (κ2) is 5.53. The normalized spacial score (nSPS) is 24.6. The predicted octanol–water partition coefficient (Wildman–Crippen LogP) is 3.31. The Kier molecular flexibility index (Phi) is 3.91. The monoisotopic (exact) mass is 277 g/mol. The minimum absolute atomic E-state index is 0.199. The minimum Gasteiger partial charge on any atom is -0.388 e. The van der Waals surface area contributed by atoms with E-state index in [9.17, 15) is 5.11 Å². The number of hydrogen-bond acceptors (Lipinski definition) is 2. The van der Waals surface area contributed by atoms with E-state index >= 15 is 0 Å². The predicted molar refractivity (Wildman–Crippen MR) is 79.7 cm³/mol. The van der Waals surface area contributed by atoms with Gasteiger partial charge in [0.1, 0.15) is 0 Å². The molecule has 2 aliphatic rings. The fraction of sp³-hybridized carbons (Fsp3) is 0.765. The molecule has 2 aliphatic carbocycles. The Morgan fingerprint density at radius 1 is 1.40 bits per heavy atom. The van der Waals surface area contributed by atoms with Crippen LogP contribution in [0.2, 0.25) is 0 Å². The van der Waals surface area contributed by atoms with Crippen molar-refractivity contribution in [2.75, 3.05) is 13.2 Å². The summed E-state index contributed by atoms with van der Waals surface area (Å²) in [5.41, 5.74) is 2.67. The number of fused-ring (bicyclic) bond motifs is 1. The van der Waals surface area contributed by atoms with Crippen molar-refractivity contribution in [3.05, 3.63) is 23.5 Å². The summed E-state index contributed by atoms with van der Waals surface area (Å²) in [6, 6.07) is 2.10. The Morgan fingerprint density at radius 3 is 2.95 bits per heavy atom. The number of nitrogens with zero attached hydrogens (tertiary/aromatic N) is 1. The van der Waals surface area contributed by atoms with E-state index in [-0.39, 0.29) is 11.5 Å². The van der Waals surface area contributed by atoms with Gasteiger partial charge in [-0.2, -0.15) is 0 Å². The maximum absolute atomic E-state index is 10.2. The molecule has 1 aromatic heterocycles. The van der Waals surface area contributed by atoms with Gasteiger partial charge in [-0.15, -0.1) is 0 Å². The average molecular weight is 277 g/mol. The lowest BCUT2D eigenvalue weighted by molar-refractivity contribution is 0.0970. The highest BCUT2D eigenvalue weighted by molar-refractivity contribution is 5.29. The molecule has 1 heterocycles. The van der Waals surface area contributed by atoms with Crippen molar-refractivity contribution in [1.82, 2.24) is 4.57 Å². The van der Waals surface area contributed by atoms with Crippen LogP contribution in [0.1, 0.15) is 56.9 Å². The summed E-state index contributed by atoms with van der Waals surface area (Å²) < 4.78 is 8.02. The first-order valence-electron chi connectivity index (χ1n) is 7.99. The SMILES string of the molecule is CC1(C)Cc2c(ccn2CCCOCC2CC2)C(O)C1. The van der Waals surface area contributed by atoms with Gasteiger partial charge in [-0.3, -0.25) is 0 Å². The van der Waals surface area contributed by atoms with Crippen LogP contribution in [-0.2, 0) is 17.7 Å². The molecular weight excluding hydrogens is 250 g/mol. The fourth-order valence-corrected chi connectivity index (χ4v) is 3.27. The first-order chi connectivity index (χ1) is 9.55. The van der Waals surface area contributed by atoms with Gasteiger partial charge in [0, 0.05) is 37.2 Å². The van der Waals surface area contributed by atoms with Crippen molar-refractivity contribution in [3.63, 3.8) is 0 Å². The second-order valence-electron chi connectivity index (χ2n) is 7.34. The standard InChI is InChI=1S/C17H27NO2/c1-17(2)10-15-14(16(19)11-17)6-8-18(15)7-3-9-20-12-13-4-5-13/h6,8,13,16,19H,3-5,7,9-12H2,1-2H3. The molecule has 1 aromatic rings. The molecule has 0 amide bonds. The smallest absolute Gasteiger partial charge is 0.0812 e. The number of hydrogen-bond donors (Lipinski definition) is 1. The molecule has 3 rings (SSSR count). The van der Waals surface area contributed by atoms with Gasteiger partial charge in [0.25, 0.3) is 0 Å². The first kappa shape index (κ1) is 14.2. The Labute approximate surface area is 121 Å². The van der Waals surface area contributed by atoms with E-state index in [0.717, 1.165) is 50.5 Å². The van der Waals surface area contributed by atoms with Crippen molar-refractivity contribution in [3.8, 4) is 0 Å². The van der Waals surface area contributed by atoms with Crippen molar-refractivity contribution in [2.24, 2.45) is 11.3 Å². The van der Waals surface area contributed by atoms with Gasteiger partial charge in [-0.25, -0.2) is 0 Å². The molecule has 1 atom stereocenters. The van der Waals surface area contributed by atoms with Gasteiger partial charge >= 0.3 is 0 Å². The third-order valence-corrected chi connectivity index (χ3v) is 4.60. The minimum atomic E-state index is -0.291. The number of rotatable bonds is 6. The van der Waals surface area contributed by atoms with E-state index < -0.39 is 0 Å². The van der Waals surface area contributed by atoms with Crippen LogP contribution in [-0.4, -0.2) is 22.9 Å². The lowest BCUT2D eigenvalue weighted by atomic mass is 9.75. The fourth-order valence-electron chi connectivity index (χ4n) is 3.27.